The molecule has 3 aromatic rings. The van der Waals surface area contributed by atoms with Crippen LogP contribution >= 0.6 is 27.5 Å². The summed E-state index contributed by atoms with van der Waals surface area (Å²) in [7, 11) is 0. The molecule has 0 amide bonds. The number of aromatic hydroxyl groups is 1. The molecule has 0 unspecified atom stereocenters. The highest BCUT2D eigenvalue weighted by molar-refractivity contribution is 9.10. The van der Waals surface area contributed by atoms with E-state index in [0.717, 1.165) is 6.07 Å². The zero-order valence-electron chi connectivity index (χ0n) is 10.3. The Labute approximate surface area is 131 Å². The van der Waals surface area contributed by atoms with Crippen molar-refractivity contribution in [1.82, 2.24) is 9.97 Å². The fourth-order valence-electron chi connectivity index (χ4n) is 2.10. The second-order valence-electron chi connectivity index (χ2n) is 4.30. The summed E-state index contributed by atoms with van der Waals surface area (Å²) in [6, 6.07) is 5.76. The van der Waals surface area contributed by atoms with Gasteiger partial charge in [-0.05, 0) is 40.2 Å². The van der Waals surface area contributed by atoms with Crippen molar-refractivity contribution in [2.45, 2.75) is 0 Å². The van der Waals surface area contributed by atoms with Gasteiger partial charge < -0.3 is 10.1 Å². The van der Waals surface area contributed by atoms with E-state index in [9.17, 15) is 14.3 Å². The molecule has 0 aliphatic heterocycles. The Morgan fingerprint density at radius 2 is 2.05 bits per heavy atom. The third-order valence-electron chi connectivity index (χ3n) is 3.05. The minimum absolute atomic E-state index is 0.0130. The van der Waals surface area contributed by atoms with Crippen molar-refractivity contribution in [3.05, 3.63) is 56.1 Å². The number of aromatic amines is 1. The van der Waals surface area contributed by atoms with Gasteiger partial charge >= 0.3 is 0 Å². The largest absolute Gasteiger partial charge is 0.506 e. The van der Waals surface area contributed by atoms with Crippen LogP contribution in [0.3, 0.4) is 0 Å². The number of H-pyrrole nitrogens is 1. The van der Waals surface area contributed by atoms with Gasteiger partial charge in [0, 0.05) is 16.2 Å². The summed E-state index contributed by atoms with van der Waals surface area (Å²) in [5.41, 5.74) is -0.831. The number of nitrogens with one attached hydrogen (secondary N) is 1. The van der Waals surface area contributed by atoms with Crippen LogP contribution in [0.25, 0.3) is 22.2 Å². The van der Waals surface area contributed by atoms with Crippen molar-refractivity contribution >= 4 is 38.6 Å². The lowest BCUT2D eigenvalue weighted by atomic mass is 10.0. The molecule has 4 nitrogen and oxygen atoms in total. The topological polar surface area (TPSA) is 66.0 Å². The Kier molecular flexibility index (Phi) is 3.43. The van der Waals surface area contributed by atoms with Gasteiger partial charge in [0.1, 0.15) is 17.2 Å². The van der Waals surface area contributed by atoms with Gasteiger partial charge in [0.2, 0.25) is 0 Å². The van der Waals surface area contributed by atoms with Gasteiger partial charge in [0.05, 0.1) is 16.0 Å². The van der Waals surface area contributed by atoms with Crippen LogP contribution < -0.4 is 5.56 Å². The summed E-state index contributed by atoms with van der Waals surface area (Å²) in [6.07, 6.45) is 1.48. The highest BCUT2D eigenvalue weighted by Crippen LogP contribution is 2.39. The zero-order valence-corrected chi connectivity index (χ0v) is 12.7. The van der Waals surface area contributed by atoms with E-state index in [1.165, 1.54) is 12.3 Å². The predicted molar refractivity (Wildman–Crippen MR) is 82.1 cm³/mol. The van der Waals surface area contributed by atoms with Crippen LogP contribution in [0, 0.1) is 5.82 Å². The first kappa shape index (κ1) is 14.0. The maximum absolute atomic E-state index is 14.1. The molecule has 7 heteroatoms. The molecule has 3 rings (SSSR count). The van der Waals surface area contributed by atoms with Crippen LogP contribution in [-0.4, -0.2) is 15.1 Å². The first-order chi connectivity index (χ1) is 10.0. The molecule has 0 fully saturated rings. The number of benzene rings is 1. The molecule has 0 aliphatic rings. The first-order valence-electron chi connectivity index (χ1n) is 5.84. The van der Waals surface area contributed by atoms with Crippen molar-refractivity contribution in [1.29, 1.82) is 0 Å². The van der Waals surface area contributed by atoms with Crippen LogP contribution in [0.4, 0.5) is 4.39 Å². The normalized spacial score (nSPS) is 11.0. The van der Waals surface area contributed by atoms with Gasteiger partial charge in [0.25, 0.3) is 5.56 Å². The second kappa shape index (κ2) is 5.13. The SMILES string of the molecule is O=c1[nH]c2ncccc2c(O)c1-c1c(F)ccc(Br)c1Cl. The monoisotopic (exact) mass is 368 g/mol. The lowest BCUT2D eigenvalue weighted by Gasteiger charge is -2.10. The van der Waals surface area contributed by atoms with E-state index in [2.05, 4.69) is 25.9 Å². The van der Waals surface area contributed by atoms with Crippen LogP contribution in [0.5, 0.6) is 5.75 Å². The number of rotatable bonds is 1. The number of fused-ring (bicyclic) bond motifs is 1. The summed E-state index contributed by atoms with van der Waals surface area (Å²) in [5.74, 6) is -1.06. The van der Waals surface area contributed by atoms with Gasteiger partial charge in [-0.2, -0.15) is 0 Å². The van der Waals surface area contributed by atoms with Crippen molar-refractivity contribution in [2.24, 2.45) is 0 Å². The molecular weight excluding hydrogens is 363 g/mol. The summed E-state index contributed by atoms with van der Waals surface area (Å²) in [6.45, 7) is 0. The number of hydrogen-bond donors (Lipinski definition) is 2. The van der Waals surface area contributed by atoms with E-state index in [4.69, 9.17) is 11.6 Å². The summed E-state index contributed by atoms with van der Waals surface area (Å²) in [4.78, 5) is 18.6. The molecule has 1 aromatic carbocycles. The first-order valence-corrected chi connectivity index (χ1v) is 7.01. The Morgan fingerprint density at radius 1 is 1.29 bits per heavy atom. The van der Waals surface area contributed by atoms with Gasteiger partial charge in [-0.25, -0.2) is 9.37 Å². The Balaban J connectivity index is 2.47. The average Bonchev–Trinajstić information content (AvgIpc) is 2.46. The lowest BCUT2D eigenvalue weighted by Crippen LogP contribution is -2.11. The summed E-state index contributed by atoms with van der Waals surface area (Å²) >= 11 is 9.23. The average molecular weight is 370 g/mol. The van der Waals surface area contributed by atoms with Crippen LogP contribution in [0.15, 0.2) is 39.7 Å². The van der Waals surface area contributed by atoms with Crippen LogP contribution in [-0.2, 0) is 0 Å². The predicted octanol–water partition coefficient (Wildman–Crippen LogP) is 3.85. The Hall–Kier alpha value is -1.92. The minimum atomic E-state index is -0.702. The number of halogens is 3. The number of pyridine rings is 2. The highest BCUT2D eigenvalue weighted by Gasteiger charge is 2.21. The van der Waals surface area contributed by atoms with E-state index in [-0.39, 0.29) is 27.5 Å². The summed E-state index contributed by atoms with van der Waals surface area (Å²) in [5, 5.41) is 10.6. The molecule has 0 radical (unpaired) electrons. The third-order valence-corrected chi connectivity index (χ3v) is 4.33. The standard InChI is InChI=1S/C14H7BrClFN2O2/c15-7-3-4-8(17)9(11(7)16)10-12(20)6-2-1-5-18-13(6)19-14(10)21/h1-5H,(H2,18,19,20,21). The minimum Gasteiger partial charge on any atom is -0.506 e. The van der Waals surface area contributed by atoms with Crippen LogP contribution in [0.1, 0.15) is 0 Å². The number of hydrogen-bond acceptors (Lipinski definition) is 3. The molecule has 106 valence electrons. The van der Waals surface area contributed by atoms with Crippen molar-refractivity contribution in [3.8, 4) is 16.9 Å². The molecule has 2 aromatic heterocycles. The maximum atomic E-state index is 14.1. The fourth-order valence-corrected chi connectivity index (χ4v) is 2.67. The van der Waals surface area contributed by atoms with Crippen molar-refractivity contribution < 1.29 is 9.50 Å². The molecule has 2 N–H and O–H groups in total. The molecule has 0 saturated heterocycles. The fraction of sp³-hybridized carbons (Fsp3) is 0. The lowest BCUT2D eigenvalue weighted by molar-refractivity contribution is 0.481. The smallest absolute Gasteiger partial charge is 0.261 e. The summed E-state index contributed by atoms with van der Waals surface area (Å²) < 4.78 is 14.5. The molecule has 0 saturated carbocycles. The number of nitrogens with zero attached hydrogens (tertiary/aromatic N) is 1. The van der Waals surface area contributed by atoms with Crippen molar-refractivity contribution in [3.63, 3.8) is 0 Å². The maximum Gasteiger partial charge on any atom is 0.261 e. The Bertz CT molecular complexity index is 927. The van der Waals surface area contributed by atoms with Crippen LogP contribution in [0.2, 0.25) is 5.02 Å². The van der Waals surface area contributed by atoms with E-state index in [1.807, 2.05) is 0 Å². The molecule has 0 bridgehead atoms. The Morgan fingerprint density at radius 3 is 2.81 bits per heavy atom. The van der Waals surface area contributed by atoms with E-state index >= 15 is 0 Å². The van der Waals surface area contributed by atoms with Crippen molar-refractivity contribution in [2.75, 3.05) is 0 Å². The van der Waals surface area contributed by atoms with E-state index in [0.29, 0.717) is 9.86 Å². The highest BCUT2D eigenvalue weighted by atomic mass is 79.9. The molecule has 21 heavy (non-hydrogen) atoms. The molecule has 0 atom stereocenters. The zero-order chi connectivity index (χ0) is 15.1. The van der Waals surface area contributed by atoms with Gasteiger partial charge in [-0.1, -0.05) is 11.6 Å². The molecule has 0 aliphatic carbocycles. The van der Waals surface area contributed by atoms with Gasteiger partial charge in [-0.3, -0.25) is 4.79 Å². The molecule has 0 spiro atoms. The van der Waals surface area contributed by atoms with Gasteiger partial charge in [0.15, 0.2) is 0 Å². The number of aromatic nitrogens is 2. The second-order valence-corrected chi connectivity index (χ2v) is 5.53. The van der Waals surface area contributed by atoms with Gasteiger partial charge in [-0.15, -0.1) is 0 Å². The third kappa shape index (κ3) is 2.20. The molecule has 2 heterocycles. The van der Waals surface area contributed by atoms with E-state index in [1.54, 1.807) is 12.1 Å². The quantitative estimate of drug-likeness (QED) is 0.640. The molecular formula is C14H7BrClFN2O2. The van der Waals surface area contributed by atoms with E-state index < -0.39 is 11.4 Å².